The lowest BCUT2D eigenvalue weighted by Crippen LogP contribution is -2.38. The topological polar surface area (TPSA) is 46.5 Å². The van der Waals surface area contributed by atoms with E-state index >= 15 is 0 Å². The highest BCUT2D eigenvalue weighted by Gasteiger charge is 2.46. The van der Waals surface area contributed by atoms with E-state index in [0.29, 0.717) is 10.6 Å². The first-order valence-corrected chi connectivity index (χ1v) is 9.05. The Hall–Kier alpha value is -2.36. The number of carbonyl (C=O) groups is 1. The molecule has 2 aliphatic heterocycles. The van der Waals surface area contributed by atoms with Gasteiger partial charge in [0.25, 0.3) is 0 Å². The van der Waals surface area contributed by atoms with Gasteiger partial charge in [0.15, 0.2) is 5.78 Å². The van der Waals surface area contributed by atoms with Gasteiger partial charge in [-0.2, -0.15) is 0 Å². The molecule has 4 rings (SSSR count). The lowest BCUT2D eigenvalue weighted by Gasteiger charge is -2.31. The molecule has 0 unspecified atom stereocenters. The van der Waals surface area contributed by atoms with Gasteiger partial charge in [0.2, 0.25) is 0 Å². The van der Waals surface area contributed by atoms with Gasteiger partial charge in [0, 0.05) is 5.02 Å². The van der Waals surface area contributed by atoms with Crippen molar-refractivity contribution < 1.29 is 14.6 Å². The fraction of sp³-hybridized carbons (Fsp3) is 0.227. The molecule has 2 aliphatic rings. The van der Waals surface area contributed by atoms with Crippen molar-refractivity contribution in [2.24, 2.45) is 0 Å². The minimum atomic E-state index is -0.935. The number of hydrogen-bond acceptors (Lipinski definition) is 3. The standard InChI is InChI=1S/C22H19ClO3/c1-3-13-4-5-15(14-6-8-16(23)9-7-14)12-17(13)19-20(24)18-10-11-22(2,26-18)21(19)25/h4-12,18,25H,3H2,1-2H3/t18-,22-/m1/s1. The van der Waals surface area contributed by atoms with Crippen LogP contribution in [0.1, 0.15) is 25.0 Å². The third kappa shape index (κ3) is 2.59. The van der Waals surface area contributed by atoms with Crippen molar-refractivity contribution in [3.05, 3.63) is 76.5 Å². The largest absolute Gasteiger partial charge is 0.508 e. The Balaban J connectivity index is 1.89. The molecule has 2 aromatic rings. The van der Waals surface area contributed by atoms with Crippen molar-refractivity contribution in [2.45, 2.75) is 32.0 Å². The summed E-state index contributed by atoms with van der Waals surface area (Å²) >= 11 is 5.99. The van der Waals surface area contributed by atoms with Crippen LogP contribution in [0, 0.1) is 0 Å². The molecule has 0 radical (unpaired) electrons. The second-order valence-electron chi connectivity index (χ2n) is 6.82. The van der Waals surface area contributed by atoms with E-state index in [2.05, 4.69) is 0 Å². The third-order valence-electron chi connectivity index (χ3n) is 5.11. The second-order valence-corrected chi connectivity index (χ2v) is 7.26. The minimum absolute atomic E-state index is 0.0181. The van der Waals surface area contributed by atoms with E-state index in [9.17, 15) is 9.90 Å². The van der Waals surface area contributed by atoms with Crippen molar-refractivity contribution in [3.63, 3.8) is 0 Å². The van der Waals surface area contributed by atoms with Gasteiger partial charge >= 0.3 is 0 Å². The van der Waals surface area contributed by atoms with Crippen LogP contribution in [0.2, 0.25) is 5.02 Å². The fourth-order valence-corrected chi connectivity index (χ4v) is 3.72. The zero-order chi connectivity index (χ0) is 18.5. The summed E-state index contributed by atoms with van der Waals surface area (Å²) in [5.74, 6) is -0.216. The lowest BCUT2D eigenvalue weighted by atomic mass is 9.86. The number of Topliss-reactive ketones (excluding diaryl/α,β-unsaturated/α-hetero) is 1. The average molecular weight is 367 g/mol. The van der Waals surface area contributed by atoms with Crippen LogP contribution in [-0.4, -0.2) is 22.6 Å². The summed E-state index contributed by atoms with van der Waals surface area (Å²) in [4.78, 5) is 12.9. The number of hydrogen-bond donors (Lipinski definition) is 1. The molecule has 0 amide bonds. The number of benzene rings is 2. The monoisotopic (exact) mass is 366 g/mol. The molecule has 0 aromatic heterocycles. The van der Waals surface area contributed by atoms with Crippen molar-refractivity contribution >= 4 is 23.0 Å². The molecule has 2 heterocycles. The van der Waals surface area contributed by atoms with Crippen LogP contribution in [0.4, 0.5) is 0 Å². The predicted octanol–water partition coefficient (Wildman–Crippen LogP) is 5.13. The summed E-state index contributed by atoms with van der Waals surface area (Å²) in [6.07, 6.45) is 3.61. The van der Waals surface area contributed by atoms with Gasteiger partial charge in [0.05, 0.1) is 5.57 Å². The molecule has 2 atom stereocenters. The van der Waals surface area contributed by atoms with Gasteiger partial charge in [-0.05, 0) is 65.9 Å². The van der Waals surface area contributed by atoms with Crippen LogP contribution in [0.15, 0.2) is 60.4 Å². The van der Waals surface area contributed by atoms with E-state index in [0.717, 1.165) is 28.7 Å². The van der Waals surface area contributed by atoms with Gasteiger partial charge in [-0.15, -0.1) is 0 Å². The SMILES string of the molecule is CCc1ccc(-c2ccc(Cl)cc2)cc1C1=C(O)[C@@]2(C)C=C[C@@H](O2)C1=O. The molecule has 4 heteroatoms. The van der Waals surface area contributed by atoms with Crippen molar-refractivity contribution in [1.82, 2.24) is 0 Å². The Labute approximate surface area is 157 Å². The van der Waals surface area contributed by atoms with Crippen molar-refractivity contribution in [3.8, 4) is 11.1 Å². The van der Waals surface area contributed by atoms with E-state index < -0.39 is 11.7 Å². The second kappa shape index (κ2) is 6.11. The van der Waals surface area contributed by atoms with Crippen LogP contribution in [0.3, 0.4) is 0 Å². The Morgan fingerprint density at radius 1 is 1.15 bits per heavy atom. The first-order valence-electron chi connectivity index (χ1n) is 8.67. The summed E-state index contributed by atoms with van der Waals surface area (Å²) in [5.41, 5.74) is 3.19. The third-order valence-corrected chi connectivity index (χ3v) is 5.36. The Kier molecular flexibility index (Phi) is 4.02. The Bertz CT molecular complexity index is 956. The normalized spacial score (nSPS) is 24.4. The van der Waals surface area contributed by atoms with Gasteiger partial charge in [-0.3, -0.25) is 4.79 Å². The number of ether oxygens (including phenoxy) is 1. The first-order chi connectivity index (χ1) is 12.4. The molecular formula is C22H19ClO3. The number of ketones is 1. The van der Waals surface area contributed by atoms with Crippen LogP contribution in [0.5, 0.6) is 0 Å². The maximum atomic E-state index is 12.9. The van der Waals surface area contributed by atoms with Crippen LogP contribution in [-0.2, 0) is 16.0 Å². The van der Waals surface area contributed by atoms with E-state index in [1.807, 2.05) is 49.4 Å². The molecule has 3 nitrogen and oxygen atoms in total. The highest BCUT2D eigenvalue weighted by molar-refractivity contribution is 6.30. The van der Waals surface area contributed by atoms with Gasteiger partial charge < -0.3 is 9.84 Å². The molecule has 1 N–H and O–H groups in total. The molecule has 0 fully saturated rings. The Morgan fingerprint density at radius 2 is 1.85 bits per heavy atom. The Morgan fingerprint density at radius 3 is 2.54 bits per heavy atom. The van der Waals surface area contributed by atoms with Gasteiger partial charge in [-0.25, -0.2) is 0 Å². The molecular weight excluding hydrogens is 348 g/mol. The highest BCUT2D eigenvalue weighted by atomic mass is 35.5. The van der Waals surface area contributed by atoms with E-state index in [1.165, 1.54) is 0 Å². The summed E-state index contributed by atoms with van der Waals surface area (Å²) in [5, 5.41) is 11.5. The van der Waals surface area contributed by atoms with Crippen molar-refractivity contribution in [2.75, 3.05) is 0 Å². The van der Waals surface area contributed by atoms with Gasteiger partial charge in [-0.1, -0.05) is 42.8 Å². The molecule has 26 heavy (non-hydrogen) atoms. The quantitative estimate of drug-likeness (QED) is 0.765. The smallest absolute Gasteiger partial charge is 0.199 e. The van der Waals surface area contributed by atoms with E-state index in [-0.39, 0.29) is 11.5 Å². The van der Waals surface area contributed by atoms with E-state index in [4.69, 9.17) is 16.3 Å². The molecule has 0 saturated heterocycles. The lowest BCUT2D eigenvalue weighted by molar-refractivity contribution is -0.128. The fourth-order valence-electron chi connectivity index (χ4n) is 3.60. The van der Waals surface area contributed by atoms with Crippen LogP contribution in [0.25, 0.3) is 16.7 Å². The zero-order valence-corrected chi connectivity index (χ0v) is 15.4. The number of halogens is 1. The van der Waals surface area contributed by atoms with Crippen LogP contribution >= 0.6 is 11.6 Å². The maximum absolute atomic E-state index is 12.9. The number of fused-ring (bicyclic) bond motifs is 2. The molecule has 132 valence electrons. The number of aryl methyl sites for hydroxylation is 1. The van der Waals surface area contributed by atoms with Gasteiger partial charge in [0.1, 0.15) is 17.5 Å². The summed E-state index contributed by atoms with van der Waals surface area (Å²) in [7, 11) is 0. The predicted molar refractivity (Wildman–Crippen MR) is 103 cm³/mol. The van der Waals surface area contributed by atoms with E-state index in [1.54, 1.807) is 19.1 Å². The number of rotatable bonds is 3. The number of aliphatic hydroxyl groups is 1. The first kappa shape index (κ1) is 17.1. The van der Waals surface area contributed by atoms with Crippen LogP contribution < -0.4 is 0 Å². The summed E-state index contributed by atoms with van der Waals surface area (Å²) in [6, 6.07) is 13.6. The number of carbonyl (C=O) groups excluding carboxylic acids is 1. The minimum Gasteiger partial charge on any atom is -0.508 e. The molecule has 0 aliphatic carbocycles. The maximum Gasteiger partial charge on any atom is 0.199 e. The zero-order valence-electron chi connectivity index (χ0n) is 14.6. The molecule has 2 aromatic carbocycles. The molecule has 2 bridgehead atoms. The van der Waals surface area contributed by atoms with Crippen molar-refractivity contribution in [1.29, 1.82) is 0 Å². The summed E-state index contributed by atoms with van der Waals surface area (Å²) < 4.78 is 5.68. The highest BCUT2D eigenvalue weighted by Crippen LogP contribution is 2.42. The average Bonchev–Trinajstić information content (AvgIpc) is 3.02. The molecule has 0 saturated carbocycles. The molecule has 0 spiro atoms. The number of aliphatic hydroxyl groups excluding tert-OH is 1. The summed E-state index contributed by atoms with van der Waals surface area (Å²) in [6.45, 7) is 3.82.